The highest BCUT2D eigenvalue weighted by molar-refractivity contribution is 6.00. The summed E-state index contributed by atoms with van der Waals surface area (Å²) >= 11 is 0. The Kier molecular flexibility index (Phi) is 3.28. The van der Waals surface area contributed by atoms with E-state index in [-0.39, 0.29) is 17.3 Å². The molecule has 0 aliphatic carbocycles. The molecule has 1 aliphatic rings. The maximum absolute atomic E-state index is 11.2. The summed E-state index contributed by atoms with van der Waals surface area (Å²) < 4.78 is 0. The van der Waals surface area contributed by atoms with Crippen LogP contribution in [0.3, 0.4) is 0 Å². The molecule has 2 aromatic carbocycles. The standard InChI is InChI=1S/C18H17N3O3/c1-21-6-5-12-13(10-3-2-4-11(22)7-10)8-14-16(15(12)9-21)19-18(23)17(14)20-24/h2-4,7-8,19,22-23H,5-6,9H2,1H3. The van der Waals surface area contributed by atoms with Crippen molar-refractivity contribution in [2.45, 2.75) is 13.0 Å². The van der Waals surface area contributed by atoms with E-state index >= 15 is 0 Å². The number of nitrogens with zero attached hydrogens (tertiary/aromatic N) is 2. The average molecular weight is 323 g/mol. The van der Waals surface area contributed by atoms with Gasteiger partial charge in [-0.25, -0.2) is 0 Å². The Morgan fingerprint density at radius 3 is 2.79 bits per heavy atom. The van der Waals surface area contributed by atoms with Gasteiger partial charge in [0, 0.05) is 18.5 Å². The van der Waals surface area contributed by atoms with Crippen molar-refractivity contribution in [1.82, 2.24) is 9.88 Å². The Morgan fingerprint density at radius 2 is 2.04 bits per heavy atom. The number of nitrogens with one attached hydrogen (secondary N) is 1. The van der Waals surface area contributed by atoms with Crippen LogP contribution in [0.15, 0.2) is 35.5 Å². The maximum atomic E-state index is 11.2. The van der Waals surface area contributed by atoms with Gasteiger partial charge in [0.1, 0.15) is 5.75 Å². The minimum atomic E-state index is -0.205. The second kappa shape index (κ2) is 5.35. The maximum Gasteiger partial charge on any atom is 0.219 e. The molecule has 0 fully saturated rings. The lowest BCUT2D eigenvalue weighted by atomic mass is 9.88. The highest BCUT2D eigenvalue weighted by atomic mass is 16.3. The molecule has 1 aromatic heterocycles. The third kappa shape index (κ3) is 2.15. The summed E-state index contributed by atoms with van der Waals surface area (Å²) in [5, 5.41) is 23.4. The number of aromatic hydroxyl groups is 2. The van der Waals surface area contributed by atoms with E-state index in [2.05, 4.69) is 15.1 Å². The molecule has 6 nitrogen and oxygen atoms in total. The van der Waals surface area contributed by atoms with Crippen molar-refractivity contribution < 1.29 is 10.2 Å². The fourth-order valence-corrected chi connectivity index (χ4v) is 3.55. The monoisotopic (exact) mass is 323 g/mol. The fraction of sp³-hybridized carbons (Fsp3) is 0.222. The highest BCUT2D eigenvalue weighted by Gasteiger charge is 2.24. The molecule has 3 N–H and O–H groups in total. The van der Waals surface area contributed by atoms with Crippen LogP contribution < -0.4 is 0 Å². The molecule has 0 amide bonds. The summed E-state index contributed by atoms with van der Waals surface area (Å²) in [7, 11) is 2.04. The first-order valence-corrected chi connectivity index (χ1v) is 7.79. The van der Waals surface area contributed by atoms with Crippen LogP contribution in [0.25, 0.3) is 22.0 Å². The summed E-state index contributed by atoms with van der Waals surface area (Å²) in [6.07, 6.45) is 0.858. The summed E-state index contributed by atoms with van der Waals surface area (Å²) in [5.41, 5.74) is 4.87. The summed E-state index contributed by atoms with van der Waals surface area (Å²) in [5.74, 6) is -0.0107. The van der Waals surface area contributed by atoms with E-state index in [1.807, 2.05) is 19.2 Å². The van der Waals surface area contributed by atoms with Crippen LogP contribution in [0.2, 0.25) is 0 Å². The van der Waals surface area contributed by atoms with Gasteiger partial charge in [-0.1, -0.05) is 12.1 Å². The van der Waals surface area contributed by atoms with E-state index in [1.54, 1.807) is 18.2 Å². The Balaban J connectivity index is 2.08. The predicted octanol–water partition coefficient (Wildman–Crippen LogP) is 3.63. The van der Waals surface area contributed by atoms with Gasteiger partial charge in [0.25, 0.3) is 0 Å². The summed E-state index contributed by atoms with van der Waals surface area (Å²) in [4.78, 5) is 16.3. The molecule has 0 saturated heterocycles. The van der Waals surface area contributed by atoms with Crippen molar-refractivity contribution in [1.29, 1.82) is 0 Å². The van der Waals surface area contributed by atoms with Gasteiger partial charge in [-0.05, 0) is 59.1 Å². The van der Waals surface area contributed by atoms with Gasteiger partial charge in [-0.3, -0.25) is 0 Å². The topological polar surface area (TPSA) is 88.9 Å². The van der Waals surface area contributed by atoms with Gasteiger partial charge in [0.15, 0.2) is 5.69 Å². The number of rotatable bonds is 2. The number of fused-ring (bicyclic) bond motifs is 3. The number of nitroso groups, excluding NO2 is 1. The summed E-state index contributed by atoms with van der Waals surface area (Å²) in [6, 6.07) is 8.94. The lowest BCUT2D eigenvalue weighted by molar-refractivity contribution is 0.314. The molecule has 0 saturated carbocycles. The molecule has 0 unspecified atom stereocenters. The minimum Gasteiger partial charge on any atom is -0.508 e. The molecular weight excluding hydrogens is 306 g/mol. The number of hydrogen-bond acceptors (Lipinski definition) is 5. The van der Waals surface area contributed by atoms with Gasteiger partial charge in [-0.2, -0.15) is 0 Å². The number of phenolic OH excluding ortho intramolecular Hbond substituents is 1. The molecule has 2 heterocycles. The van der Waals surface area contributed by atoms with Crippen LogP contribution in [0.5, 0.6) is 11.6 Å². The number of aromatic amines is 1. The molecular formula is C18H17N3O3. The third-order valence-corrected chi connectivity index (χ3v) is 4.69. The van der Waals surface area contributed by atoms with Gasteiger partial charge in [0.2, 0.25) is 5.88 Å². The molecule has 122 valence electrons. The largest absolute Gasteiger partial charge is 0.508 e. The zero-order valence-corrected chi connectivity index (χ0v) is 13.2. The minimum absolute atomic E-state index is 0.0300. The van der Waals surface area contributed by atoms with Crippen LogP contribution in [-0.4, -0.2) is 33.7 Å². The number of benzene rings is 2. The Hall–Kier alpha value is -2.86. The van der Waals surface area contributed by atoms with Crippen molar-refractivity contribution in [3.63, 3.8) is 0 Å². The lowest BCUT2D eigenvalue weighted by Crippen LogP contribution is -2.27. The molecule has 24 heavy (non-hydrogen) atoms. The number of aromatic nitrogens is 1. The number of likely N-dealkylation sites (N-methyl/N-ethyl adjacent to an activating group) is 1. The highest BCUT2D eigenvalue weighted by Crippen LogP contribution is 2.43. The van der Waals surface area contributed by atoms with Gasteiger partial charge in [0.05, 0.1) is 5.52 Å². The van der Waals surface area contributed by atoms with Gasteiger partial charge < -0.3 is 20.1 Å². The normalized spacial score (nSPS) is 14.7. The number of H-pyrrole nitrogens is 1. The number of phenols is 1. The first-order chi connectivity index (χ1) is 11.6. The Morgan fingerprint density at radius 1 is 1.21 bits per heavy atom. The predicted molar refractivity (Wildman–Crippen MR) is 92.6 cm³/mol. The smallest absolute Gasteiger partial charge is 0.219 e. The molecule has 0 radical (unpaired) electrons. The Labute approximate surface area is 138 Å². The molecule has 3 aromatic rings. The second-order valence-electron chi connectivity index (χ2n) is 6.26. The van der Waals surface area contributed by atoms with E-state index < -0.39 is 0 Å². The van der Waals surface area contributed by atoms with E-state index in [4.69, 9.17) is 0 Å². The van der Waals surface area contributed by atoms with Crippen LogP contribution in [0.4, 0.5) is 5.69 Å². The van der Waals surface area contributed by atoms with Gasteiger partial charge >= 0.3 is 0 Å². The average Bonchev–Trinajstić information content (AvgIpc) is 2.89. The van der Waals surface area contributed by atoms with Crippen molar-refractivity contribution in [2.24, 2.45) is 5.18 Å². The zero-order valence-electron chi connectivity index (χ0n) is 13.2. The molecule has 6 heteroatoms. The van der Waals surface area contributed by atoms with E-state index in [0.29, 0.717) is 5.39 Å². The van der Waals surface area contributed by atoms with Crippen molar-refractivity contribution >= 4 is 16.6 Å². The fourth-order valence-electron chi connectivity index (χ4n) is 3.55. The van der Waals surface area contributed by atoms with E-state index in [9.17, 15) is 15.1 Å². The number of hydrogen-bond donors (Lipinski definition) is 3. The summed E-state index contributed by atoms with van der Waals surface area (Å²) in [6.45, 7) is 1.65. The Bertz CT molecular complexity index is 962. The van der Waals surface area contributed by atoms with Crippen LogP contribution >= 0.6 is 0 Å². The van der Waals surface area contributed by atoms with Crippen LogP contribution in [0, 0.1) is 4.91 Å². The molecule has 4 rings (SSSR count). The van der Waals surface area contributed by atoms with Crippen molar-refractivity contribution in [2.75, 3.05) is 13.6 Å². The zero-order chi connectivity index (χ0) is 16.8. The van der Waals surface area contributed by atoms with Crippen LogP contribution in [-0.2, 0) is 13.0 Å². The molecule has 1 aliphatic heterocycles. The first-order valence-electron chi connectivity index (χ1n) is 7.79. The SMILES string of the molecule is CN1CCc2c(-c3cccc(O)c3)cc3c(N=O)c(O)[nH]c3c2C1. The van der Waals surface area contributed by atoms with Crippen molar-refractivity contribution in [3.05, 3.63) is 46.4 Å². The first kappa shape index (κ1) is 14.7. The van der Waals surface area contributed by atoms with Crippen LogP contribution in [0.1, 0.15) is 11.1 Å². The van der Waals surface area contributed by atoms with E-state index in [0.717, 1.165) is 41.7 Å². The van der Waals surface area contributed by atoms with Gasteiger partial charge in [-0.15, -0.1) is 4.91 Å². The van der Waals surface area contributed by atoms with Crippen molar-refractivity contribution in [3.8, 4) is 22.8 Å². The molecule has 0 bridgehead atoms. The molecule has 0 atom stereocenters. The molecule has 0 spiro atoms. The van der Waals surface area contributed by atoms with E-state index in [1.165, 1.54) is 5.56 Å². The second-order valence-corrected chi connectivity index (χ2v) is 6.26. The lowest BCUT2D eigenvalue weighted by Gasteiger charge is -2.27. The third-order valence-electron chi connectivity index (χ3n) is 4.69. The quantitative estimate of drug-likeness (QED) is 0.628.